The van der Waals surface area contributed by atoms with E-state index < -0.39 is 0 Å². The first-order valence-electron chi connectivity index (χ1n) is 5.50. The molecule has 6 heteroatoms. The number of hydrogen-bond donors (Lipinski definition) is 1. The minimum absolute atomic E-state index is 0.443. The number of aromatic nitrogens is 2. The maximum atomic E-state index is 5.38. The van der Waals surface area contributed by atoms with Gasteiger partial charge in [0.15, 0.2) is 0 Å². The van der Waals surface area contributed by atoms with Crippen molar-refractivity contribution in [2.75, 3.05) is 33.5 Å². The van der Waals surface area contributed by atoms with Crippen molar-refractivity contribution in [3.63, 3.8) is 0 Å². The molecule has 90 valence electrons. The zero-order chi connectivity index (χ0) is 11.2. The first-order chi connectivity index (χ1) is 7.92. The molecule has 1 aliphatic heterocycles. The summed E-state index contributed by atoms with van der Waals surface area (Å²) in [7, 11) is 1.71. The molecule has 1 saturated heterocycles. The number of nitrogens with one attached hydrogen (secondary N) is 1. The predicted octanol–water partition coefficient (Wildman–Crippen LogP) is 0.778. The highest BCUT2D eigenvalue weighted by Gasteiger charge is 2.23. The molecular formula is C10H17N3O2S. The van der Waals surface area contributed by atoms with Crippen molar-refractivity contribution in [2.45, 2.75) is 18.9 Å². The Bertz CT molecular complexity index is 313. The van der Waals surface area contributed by atoms with Crippen LogP contribution in [0, 0.1) is 0 Å². The molecule has 1 unspecified atom stereocenters. The highest BCUT2D eigenvalue weighted by atomic mass is 32.1. The maximum absolute atomic E-state index is 5.38. The number of rotatable bonds is 6. The van der Waals surface area contributed by atoms with Crippen molar-refractivity contribution in [1.82, 2.24) is 14.9 Å². The Morgan fingerprint density at radius 3 is 3.31 bits per heavy atom. The zero-order valence-corrected chi connectivity index (χ0v) is 10.3. The second kappa shape index (κ2) is 6.24. The van der Waals surface area contributed by atoms with Gasteiger partial charge in [0.2, 0.25) is 0 Å². The summed E-state index contributed by atoms with van der Waals surface area (Å²) in [6.07, 6.45) is 1.07. The van der Waals surface area contributed by atoms with Gasteiger partial charge in [0.1, 0.15) is 0 Å². The standard InChI is InChI=1S/C10H17N3O2S/c1-14-5-3-11-6-9-10(12-13-16-9)8-2-4-15-7-8/h8,11H,2-7H2,1H3. The van der Waals surface area contributed by atoms with E-state index in [0.29, 0.717) is 5.92 Å². The molecule has 0 radical (unpaired) electrons. The molecule has 1 N–H and O–H groups in total. The second-order valence-corrected chi connectivity index (χ2v) is 4.65. The van der Waals surface area contributed by atoms with E-state index in [1.54, 1.807) is 7.11 Å². The largest absolute Gasteiger partial charge is 0.383 e. The molecule has 0 amide bonds. The molecular weight excluding hydrogens is 226 g/mol. The van der Waals surface area contributed by atoms with E-state index >= 15 is 0 Å². The van der Waals surface area contributed by atoms with Crippen molar-refractivity contribution in [3.8, 4) is 0 Å². The number of nitrogens with zero attached hydrogens (tertiary/aromatic N) is 2. The summed E-state index contributed by atoms with van der Waals surface area (Å²) in [6.45, 7) is 4.05. The van der Waals surface area contributed by atoms with E-state index in [0.717, 1.165) is 45.0 Å². The molecule has 0 aliphatic carbocycles. The van der Waals surface area contributed by atoms with Crippen LogP contribution in [0.15, 0.2) is 0 Å². The van der Waals surface area contributed by atoms with E-state index in [4.69, 9.17) is 9.47 Å². The third kappa shape index (κ3) is 2.98. The molecule has 2 rings (SSSR count). The lowest BCUT2D eigenvalue weighted by Crippen LogP contribution is -2.19. The molecule has 2 heterocycles. The summed E-state index contributed by atoms with van der Waals surface area (Å²) in [5.74, 6) is 0.443. The fourth-order valence-electron chi connectivity index (χ4n) is 1.77. The summed E-state index contributed by atoms with van der Waals surface area (Å²) in [6, 6.07) is 0. The summed E-state index contributed by atoms with van der Waals surface area (Å²) in [5, 5.41) is 7.53. The van der Waals surface area contributed by atoms with Gasteiger partial charge in [-0.05, 0) is 18.0 Å². The van der Waals surface area contributed by atoms with Crippen LogP contribution in [0.5, 0.6) is 0 Å². The molecule has 1 aromatic heterocycles. The van der Waals surface area contributed by atoms with E-state index in [-0.39, 0.29) is 0 Å². The molecule has 16 heavy (non-hydrogen) atoms. The molecule has 1 atom stereocenters. The topological polar surface area (TPSA) is 56.3 Å². The fraction of sp³-hybridized carbons (Fsp3) is 0.800. The van der Waals surface area contributed by atoms with E-state index in [1.165, 1.54) is 16.4 Å². The smallest absolute Gasteiger partial charge is 0.0855 e. The Morgan fingerprint density at radius 2 is 2.56 bits per heavy atom. The van der Waals surface area contributed by atoms with Crippen LogP contribution < -0.4 is 5.32 Å². The summed E-state index contributed by atoms with van der Waals surface area (Å²) < 4.78 is 14.4. The van der Waals surface area contributed by atoms with Gasteiger partial charge in [-0.15, -0.1) is 5.10 Å². The van der Waals surface area contributed by atoms with Crippen molar-refractivity contribution in [3.05, 3.63) is 10.6 Å². The fourth-order valence-corrected chi connectivity index (χ4v) is 2.47. The van der Waals surface area contributed by atoms with Gasteiger partial charge in [-0.25, -0.2) is 0 Å². The van der Waals surface area contributed by atoms with Gasteiger partial charge in [-0.3, -0.25) is 0 Å². The molecule has 0 spiro atoms. The van der Waals surface area contributed by atoms with Gasteiger partial charge in [0.25, 0.3) is 0 Å². The van der Waals surface area contributed by atoms with Gasteiger partial charge in [-0.2, -0.15) is 0 Å². The highest BCUT2D eigenvalue weighted by molar-refractivity contribution is 7.05. The third-order valence-corrected chi connectivity index (χ3v) is 3.41. The third-order valence-electron chi connectivity index (χ3n) is 2.67. The Hall–Kier alpha value is -0.560. The zero-order valence-electron chi connectivity index (χ0n) is 9.44. The lowest BCUT2D eigenvalue weighted by molar-refractivity contribution is 0.193. The van der Waals surface area contributed by atoms with Crippen LogP contribution in [-0.4, -0.2) is 43.1 Å². The van der Waals surface area contributed by atoms with Crippen molar-refractivity contribution >= 4 is 11.5 Å². The molecule has 1 aliphatic rings. The van der Waals surface area contributed by atoms with Crippen LogP contribution in [0.3, 0.4) is 0 Å². The Balaban J connectivity index is 1.86. The van der Waals surface area contributed by atoms with E-state index in [2.05, 4.69) is 14.9 Å². The van der Waals surface area contributed by atoms with Crippen molar-refractivity contribution in [1.29, 1.82) is 0 Å². The van der Waals surface area contributed by atoms with Gasteiger partial charge in [0, 0.05) is 32.7 Å². The van der Waals surface area contributed by atoms with Crippen LogP contribution in [0.4, 0.5) is 0 Å². The molecule has 1 fully saturated rings. The molecule has 1 aromatic rings. The van der Waals surface area contributed by atoms with Gasteiger partial charge in [-0.1, -0.05) is 4.49 Å². The van der Waals surface area contributed by atoms with Crippen molar-refractivity contribution in [2.24, 2.45) is 0 Å². The highest BCUT2D eigenvalue weighted by Crippen LogP contribution is 2.27. The molecule has 0 bridgehead atoms. The van der Waals surface area contributed by atoms with Gasteiger partial charge < -0.3 is 14.8 Å². The first-order valence-corrected chi connectivity index (χ1v) is 6.27. The lowest BCUT2D eigenvalue weighted by Gasteiger charge is -2.07. The number of ether oxygens (including phenoxy) is 2. The average Bonchev–Trinajstić information content (AvgIpc) is 2.94. The monoisotopic (exact) mass is 243 g/mol. The van der Waals surface area contributed by atoms with Gasteiger partial charge in [0.05, 0.1) is 23.8 Å². The molecule has 0 saturated carbocycles. The van der Waals surface area contributed by atoms with Crippen molar-refractivity contribution < 1.29 is 9.47 Å². The second-order valence-electron chi connectivity index (χ2n) is 3.81. The van der Waals surface area contributed by atoms with Crippen LogP contribution in [0.2, 0.25) is 0 Å². The van der Waals surface area contributed by atoms with Crippen LogP contribution >= 0.6 is 11.5 Å². The summed E-state index contributed by atoms with van der Waals surface area (Å²) in [4.78, 5) is 1.23. The predicted molar refractivity (Wildman–Crippen MR) is 61.7 cm³/mol. The number of hydrogen-bond acceptors (Lipinski definition) is 6. The molecule has 5 nitrogen and oxygen atoms in total. The summed E-state index contributed by atoms with van der Waals surface area (Å²) in [5.41, 5.74) is 1.12. The van der Waals surface area contributed by atoms with E-state index in [9.17, 15) is 0 Å². The Labute approximate surface area is 99.3 Å². The Morgan fingerprint density at radius 1 is 1.62 bits per heavy atom. The van der Waals surface area contributed by atoms with Crippen LogP contribution in [-0.2, 0) is 16.0 Å². The van der Waals surface area contributed by atoms with E-state index in [1.807, 2.05) is 0 Å². The van der Waals surface area contributed by atoms with Crippen LogP contribution in [0.25, 0.3) is 0 Å². The van der Waals surface area contributed by atoms with Crippen LogP contribution in [0.1, 0.15) is 22.9 Å². The molecule has 0 aromatic carbocycles. The Kier molecular flexibility index (Phi) is 4.65. The quantitative estimate of drug-likeness (QED) is 0.748. The normalized spacial score (nSPS) is 20.4. The summed E-state index contributed by atoms with van der Waals surface area (Å²) >= 11 is 1.47. The minimum atomic E-state index is 0.443. The lowest BCUT2D eigenvalue weighted by atomic mass is 10.0. The minimum Gasteiger partial charge on any atom is -0.383 e. The SMILES string of the molecule is COCCNCc1snnc1C1CCOC1. The first kappa shape index (κ1) is 11.9. The average molecular weight is 243 g/mol. The van der Waals surface area contributed by atoms with Gasteiger partial charge >= 0.3 is 0 Å². The maximum Gasteiger partial charge on any atom is 0.0855 e. The number of methoxy groups -OCH3 is 1.